The van der Waals surface area contributed by atoms with Crippen LogP contribution in [0.4, 0.5) is 5.82 Å². The first kappa shape index (κ1) is 30.5. The van der Waals surface area contributed by atoms with Gasteiger partial charge in [-0.2, -0.15) is 4.98 Å². The van der Waals surface area contributed by atoms with Crippen LogP contribution in [0.5, 0.6) is 17.6 Å². The van der Waals surface area contributed by atoms with Crippen LogP contribution >= 0.6 is 15.9 Å². The van der Waals surface area contributed by atoms with Gasteiger partial charge in [-0.3, -0.25) is 4.72 Å². The van der Waals surface area contributed by atoms with Crippen LogP contribution in [0.25, 0.3) is 0 Å². The minimum atomic E-state index is -4.12. The highest BCUT2D eigenvalue weighted by Crippen LogP contribution is 2.37. The van der Waals surface area contributed by atoms with Gasteiger partial charge >= 0.3 is 6.01 Å². The summed E-state index contributed by atoms with van der Waals surface area (Å²) in [5.74, 6) is 0.0459. The second kappa shape index (κ2) is 13.0. The highest BCUT2D eigenvalue weighted by atomic mass is 79.9. The van der Waals surface area contributed by atoms with Gasteiger partial charge in [0.05, 0.1) is 16.5 Å². The Hall–Kier alpha value is -3.46. The summed E-state index contributed by atoms with van der Waals surface area (Å²) >= 11 is 1.25. The Bertz CT molecular complexity index is 1580. The molecule has 14 heteroatoms. The van der Waals surface area contributed by atoms with Crippen LogP contribution in [0.1, 0.15) is 26.3 Å². The number of para-hydroxylation sites is 1. The van der Waals surface area contributed by atoms with Crippen molar-refractivity contribution in [2.45, 2.75) is 40.9 Å². The monoisotopic (exact) mass is 661 g/mol. The van der Waals surface area contributed by atoms with Gasteiger partial charge in [0.2, 0.25) is 10.7 Å². The van der Waals surface area contributed by atoms with Crippen molar-refractivity contribution >= 4 is 42.9 Å². The lowest BCUT2D eigenvalue weighted by Crippen LogP contribution is -2.20. The van der Waals surface area contributed by atoms with E-state index in [1.165, 1.54) is 31.6 Å². The van der Waals surface area contributed by atoms with Gasteiger partial charge in [-0.05, 0) is 51.2 Å². The maximum Gasteiger partial charge on any atom is 0.316 e. The number of anilines is 1. The van der Waals surface area contributed by atoms with Gasteiger partial charge in [0.15, 0.2) is 5.75 Å². The highest BCUT2D eigenvalue weighted by molar-refractivity contribution is 9.10. The van der Waals surface area contributed by atoms with Gasteiger partial charge in [0.25, 0.3) is 20.8 Å². The summed E-state index contributed by atoms with van der Waals surface area (Å²) in [4.78, 5) is 16.5. The number of rotatable bonds is 11. The highest BCUT2D eigenvalue weighted by Gasteiger charge is 2.32. The SMILES string of the molecule is COc1ccccc1[S+]([O-])c1c(NS(=O)(=O)c2ccc(C(C)(C)C)cc2)ncnc1OCCOc1ncc(Br)cn1. The van der Waals surface area contributed by atoms with E-state index in [0.717, 1.165) is 11.9 Å². The van der Waals surface area contributed by atoms with Crippen LogP contribution in [0.2, 0.25) is 0 Å². The van der Waals surface area contributed by atoms with E-state index in [9.17, 15) is 13.0 Å². The lowest BCUT2D eigenvalue weighted by Gasteiger charge is -2.20. The zero-order chi connectivity index (χ0) is 29.6. The average molecular weight is 663 g/mol. The predicted octanol–water partition coefficient (Wildman–Crippen LogP) is 4.76. The number of hydrogen-bond acceptors (Lipinski definition) is 10. The molecule has 0 spiro atoms. The molecule has 4 rings (SSSR count). The fraction of sp³-hybridized carbons (Fsp3) is 0.259. The number of benzene rings is 2. The Morgan fingerprint density at radius 3 is 2.27 bits per heavy atom. The normalized spacial score (nSPS) is 12.4. The predicted molar refractivity (Wildman–Crippen MR) is 156 cm³/mol. The Morgan fingerprint density at radius 2 is 1.61 bits per heavy atom. The first-order valence-electron chi connectivity index (χ1n) is 12.3. The Kier molecular flexibility index (Phi) is 9.68. The molecule has 0 amide bonds. The molecule has 0 saturated heterocycles. The van der Waals surface area contributed by atoms with Crippen molar-refractivity contribution in [3.63, 3.8) is 0 Å². The number of nitrogens with zero attached hydrogens (tertiary/aromatic N) is 4. The van der Waals surface area contributed by atoms with Crippen LogP contribution in [0.3, 0.4) is 0 Å². The average Bonchev–Trinajstić information content (AvgIpc) is 2.95. The number of hydrogen-bond donors (Lipinski definition) is 1. The molecule has 2 heterocycles. The molecule has 0 fully saturated rings. The van der Waals surface area contributed by atoms with Gasteiger partial charge in [-0.1, -0.05) is 45.0 Å². The number of methoxy groups -OCH3 is 1. The number of aromatic nitrogens is 4. The molecule has 1 unspecified atom stereocenters. The minimum Gasteiger partial charge on any atom is -0.606 e. The van der Waals surface area contributed by atoms with Crippen molar-refractivity contribution < 1.29 is 27.2 Å². The van der Waals surface area contributed by atoms with Gasteiger partial charge in [0.1, 0.15) is 19.5 Å². The third kappa shape index (κ3) is 7.64. The summed E-state index contributed by atoms with van der Waals surface area (Å²) in [5, 5.41) is 0. The van der Waals surface area contributed by atoms with E-state index >= 15 is 0 Å². The molecule has 0 bridgehead atoms. The van der Waals surface area contributed by atoms with E-state index in [0.29, 0.717) is 10.2 Å². The Labute approximate surface area is 250 Å². The van der Waals surface area contributed by atoms with Crippen LogP contribution in [-0.2, 0) is 26.6 Å². The molecular formula is C27H28BrN5O6S2. The Morgan fingerprint density at radius 1 is 0.951 bits per heavy atom. The maximum atomic E-state index is 13.9. The second-order valence-electron chi connectivity index (χ2n) is 9.54. The molecule has 1 N–H and O–H groups in total. The lowest BCUT2D eigenvalue weighted by molar-refractivity contribution is 0.198. The lowest BCUT2D eigenvalue weighted by atomic mass is 9.87. The van der Waals surface area contributed by atoms with Crippen molar-refractivity contribution in [1.29, 1.82) is 0 Å². The van der Waals surface area contributed by atoms with E-state index in [1.54, 1.807) is 36.4 Å². The standard InChI is InChI=1S/C27H28BrN5O6S2/c1-27(2,3)18-9-11-20(12-10-18)41(35,36)33-24-23(40(34)22-8-6-5-7-21(22)37-4)25(32-17-31-24)38-13-14-39-26-29-15-19(28)16-30-26/h5-12,15-17H,13-14H2,1-4H3,(H,31,32,33). The van der Waals surface area contributed by atoms with Crippen molar-refractivity contribution in [2.75, 3.05) is 25.0 Å². The fourth-order valence-corrected chi connectivity index (χ4v) is 6.15. The number of halogens is 1. The minimum absolute atomic E-state index is 0.0171. The molecule has 41 heavy (non-hydrogen) atoms. The van der Waals surface area contributed by atoms with Crippen molar-refractivity contribution in [3.05, 3.63) is 77.3 Å². The molecule has 4 aromatic rings. The van der Waals surface area contributed by atoms with Crippen LogP contribution in [0, 0.1) is 0 Å². The molecule has 2 aromatic carbocycles. The molecule has 216 valence electrons. The zero-order valence-corrected chi connectivity index (χ0v) is 25.9. The van der Waals surface area contributed by atoms with Gasteiger partial charge in [-0.15, -0.1) is 0 Å². The smallest absolute Gasteiger partial charge is 0.316 e. The molecule has 0 radical (unpaired) electrons. The zero-order valence-electron chi connectivity index (χ0n) is 22.7. The first-order valence-corrected chi connectivity index (χ1v) is 15.7. The van der Waals surface area contributed by atoms with Crippen LogP contribution in [-0.4, -0.2) is 53.2 Å². The summed E-state index contributed by atoms with van der Waals surface area (Å²) in [6.45, 7) is 6.11. The topological polar surface area (TPSA) is 148 Å². The molecule has 1 atom stereocenters. The molecule has 0 aliphatic carbocycles. The molecular weight excluding hydrogens is 634 g/mol. The summed E-state index contributed by atoms with van der Waals surface area (Å²) in [7, 11) is -2.67. The molecule has 0 aliphatic heterocycles. The molecule has 11 nitrogen and oxygen atoms in total. The van der Waals surface area contributed by atoms with Crippen LogP contribution in [0.15, 0.2) is 86.4 Å². The fourth-order valence-electron chi connectivity index (χ4n) is 3.55. The van der Waals surface area contributed by atoms with Crippen molar-refractivity contribution in [3.8, 4) is 17.6 Å². The summed E-state index contributed by atoms with van der Waals surface area (Å²) in [5.41, 5.74) is 0.823. The number of nitrogens with one attached hydrogen (secondary N) is 1. The van der Waals surface area contributed by atoms with E-state index in [-0.39, 0.29) is 51.0 Å². The number of sulfonamides is 1. The molecule has 0 aliphatic rings. The summed E-state index contributed by atoms with van der Waals surface area (Å²) in [6, 6.07) is 13.3. The van der Waals surface area contributed by atoms with Gasteiger partial charge < -0.3 is 18.8 Å². The van der Waals surface area contributed by atoms with E-state index < -0.39 is 21.2 Å². The van der Waals surface area contributed by atoms with Gasteiger partial charge in [0, 0.05) is 23.6 Å². The molecule has 0 saturated carbocycles. The van der Waals surface area contributed by atoms with E-state index in [2.05, 4.69) is 40.6 Å². The first-order chi connectivity index (χ1) is 19.5. The second-order valence-corrected chi connectivity index (χ2v) is 13.5. The third-order valence-electron chi connectivity index (χ3n) is 5.64. The van der Waals surface area contributed by atoms with Crippen molar-refractivity contribution in [2.24, 2.45) is 0 Å². The molecule has 2 aromatic heterocycles. The number of ether oxygens (including phenoxy) is 3. The van der Waals surface area contributed by atoms with E-state index in [4.69, 9.17) is 14.2 Å². The van der Waals surface area contributed by atoms with Crippen molar-refractivity contribution in [1.82, 2.24) is 19.9 Å². The summed E-state index contributed by atoms with van der Waals surface area (Å²) in [6.07, 6.45) is 4.20. The Balaban J connectivity index is 1.65. The largest absolute Gasteiger partial charge is 0.606 e. The maximum absolute atomic E-state index is 13.9. The summed E-state index contributed by atoms with van der Waals surface area (Å²) < 4.78 is 60.5. The van der Waals surface area contributed by atoms with E-state index in [1.807, 2.05) is 20.8 Å². The van der Waals surface area contributed by atoms with Gasteiger partial charge in [-0.25, -0.2) is 23.4 Å². The third-order valence-corrected chi connectivity index (χ3v) is 8.88. The quantitative estimate of drug-likeness (QED) is 0.176. The van der Waals surface area contributed by atoms with Crippen LogP contribution < -0.4 is 18.9 Å².